The number of rotatable bonds is 2. The van der Waals surface area contributed by atoms with Crippen LogP contribution in [0.2, 0.25) is 0 Å². The zero-order valence-electron chi connectivity index (χ0n) is 6.95. The zero-order valence-corrected chi connectivity index (χ0v) is 11.7. The molecular formula is C9H10AcO2. The SMILES string of the molecule is C=C(O)c1ccc(OC)cc1.[Ac]. The molecule has 0 saturated carbocycles. The summed E-state index contributed by atoms with van der Waals surface area (Å²) in [4.78, 5) is 0. The summed E-state index contributed by atoms with van der Waals surface area (Å²) in [5, 5.41) is 8.95. The summed E-state index contributed by atoms with van der Waals surface area (Å²) in [6, 6.07) is 7.05. The van der Waals surface area contributed by atoms with Crippen LogP contribution in [0, 0.1) is 44.1 Å². The molecule has 2 nitrogen and oxygen atoms in total. The van der Waals surface area contributed by atoms with Crippen LogP contribution >= 0.6 is 0 Å². The monoisotopic (exact) mass is 377 g/mol. The molecule has 0 amide bonds. The second-order valence-electron chi connectivity index (χ2n) is 2.18. The van der Waals surface area contributed by atoms with Gasteiger partial charge in [-0.1, -0.05) is 6.58 Å². The van der Waals surface area contributed by atoms with E-state index < -0.39 is 0 Å². The second-order valence-corrected chi connectivity index (χ2v) is 2.18. The summed E-state index contributed by atoms with van der Waals surface area (Å²) in [7, 11) is 1.60. The predicted molar refractivity (Wildman–Crippen MR) is 44.7 cm³/mol. The van der Waals surface area contributed by atoms with Crippen LogP contribution in [0.15, 0.2) is 30.8 Å². The maximum atomic E-state index is 8.95. The van der Waals surface area contributed by atoms with Gasteiger partial charge in [0, 0.05) is 49.6 Å². The van der Waals surface area contributed by atoms with E-state index in [9.17, 15) is 0 Å². The van der Waals surface area contributed by atoms with E-state index in [1.165, 1.54) is 0 Å². The fourth-order valence-corrected chi connectivity index (χ4v) is 0.783. The van der Waals surface area contributed by atoms with Crippen LogP contribution in [0.5, 0.6) is 5.75 Å². The molecule has 0 saturated heterocycles. The van der Waals surface area contributed by atoms with Gasteiger partial charge < -0.3 is 9.84 Å². The molecule has 0 aliphatic rings. The first-order valence-corrected chi connectivity index (χ1v) is 3.26. The minimum absolute atomic E-state index is 0. The van der Waals surface area contributed by atoms with Gasteiger partial charge in [0.1, 0.15) is 11.5 Å². The number of methoxy groups -OCH3 is 1. The molecular weight excluding hydrogens is 367 g/mol. The van der Waals surface area contributed by atoms with Crippen molar-refractivity contribution >= 4 is 5.76 Å². The van der Waals surface area contributed by atoms with E-state index >= 15 is 0 Å². The van der Waals surface area contributed by atoms with Gasteiger partial charge in [-0.2, -0.15) is 0 Å². The molecule has 1 aromatic carbocycles. The number of aliphatic hydroxyl groups excluding tert-OH is 1. The van der Waals surface area contributed by atoms with Crippen LogP contribution in [0.4, 0.5) is 0 Å². The van der Waals surface area contributed by atoms with E-state index in [-0.39, 0.29) is 49.8 Å². The van der Waals surface area contributed by atoms with Gasteiger partial charge in [0.25, 0.3) is 0 Å². The van der Waals surface area contributed by atoms with Crippen LogP contribution < -0.4 is 4.74 Å². The van der Waals surface area contributed by atoms with E-state index in [0.29, 0.717) is 5.56 Å². The van der Waals surface area contributed by atoms with Gasteiger partial charge in [-0.25, -0.2) is 0 Å². The van der Waals surface area contributed by atoms with Gasteiger partial charge in [0.05, 0.1) is 7.11 Å². The molecule has 0 fully saturated rings. The molecule has 12 heavy (non-hydrogen) atoms. The molecule has 0 atom stereocenters. The predicted octanol–water partition coefficient (Wildman–Crippen LogP) is 2.22. The van der Waals surface area contributed by atoms with Crippen LogP contribution in [-0.4, -0.2) is 12.2 Å². The van der Waals surface area contributed by atoms with Crippen molar-refractivity contribution in [3.8, 4) is 5.75 Å². The summed E-state index contributed by atoms with van der Waals surface area (Å²) >= 11 is 0. The van der Waals surface area contributed by atoms with Crippen molar-refractivity contribution in [3.63, 3.8) is 0 Å². The van der Waals surface area contributed by atoms with Crippen LogP contribution in [-0.2, 0) is 0 Å². The van der Waals surface area contributed by atoms with Crippen molar-refractivity contribution in [2.45, 2.75) is 0 Å². The average molecular weight is 377 g/mol. The molecule has 0 aliphatic carbocycles. The molecule has 0 aliphatic heterocycles. The first kappa shape index (κ1) is 12.0. The third-order valence-corrected chi connectivity index (χ3v) is 1.42. The Morgan fingerprint density at radius 3 is 2.17 bits per heavy atom. The van der Waals surface area contributed by atoms with Gasteiger partial charge in [0.15, 0.2) is 0 Å². The Morgan fingerprint density at radius 2 is 1.83 bits per heavy atom. The Kier molecular flexibility index (Phi) is 5.61. The Hall–Kier alpha value is 0.00156. The summed E-state index contributed by atoms with van der Waals surface area (Å²) < 4.78 is 4.94. The van der Waals surface area contributed by atoms with E-state index in [1.54, 1.807) is 31.4 Å². The summed E-state index contributed by atoms with van der Waals surface area (Å²) in [5.74, 6) is 0.850. The summed E-state index contributed by atoms with van der Waals surface area (Å²) in [6.45, 7) is 3.40. The van der Waals surface area contributed by atoms with Crippen LogP contribution in [0.25, 0.3) is 5.76 Å². The van der Waals surface area contributed by atoms with E-state index in [4.69, 9.17) is 9.84 Å². The van der Waals surface area contributed by atoms with E-state index in [1.807, 2.05) is 0 Å². The Balaban J connectivity index is 0.00000121. The number of hydrogen-bond acceptors (Lipinski definition) is 2. The van der Waals surface area contributed by atoms with Gasteiger partial charge in [-0.05, 0) is 24.3 Å². The quantitative estimate of drug-likeness (QED) is 0.802. The third-order valence-electron chi connectivity index (χ3n) is 1.42. The second kappa shape index (κ2) is 5.61. The normalized spacial score (nSPS) is 8.42. The molecule has 0 bridgehead atoms. The summed E-state index contributed by atoms with van der Waals surface area (Å²) in [5.41, 5.74) is 0.714. The van der Waals surface area contributed by atoms with Crippen LogP contribution in [0.3, 0.4) is 0 Å². The molecule has 61 valence electrons. The number of aliphatic hydroxyl groups is 1. The van der Waals surface area contributed by atoms with Crippen molar-refractivity contribution in [2.24, 2.45) is 0 Å². The van der Waals surface area contributed by atoms with Crippen molar-refractivity contribution in [1.82, 2.24) is 0 Å². The van der Waals surface area contributed by atoms with Gasteiger partial charge >= 0.3 is 0 Å². The molecule has 3 heteroatoms. The van der Waals surface area contributed by atoms with Crippen molar-refractivity contribution in [2.75, 3.05) is 7.11 Å². The molecule has 0 unspecified atom stereocenters. The maximum Gasteiger partial charge on any atom is 0.118 e. The summed E-state index contributed by atoms with van der Waals surface area (Å²) in [6.07, 6.45) is 0. The van der Waals surface area contributed by atoms with Crippen molar-refractivity contribution in [3.05, 3.63) is 36.4 Å². The largest absolute Gasteiger partial charge is 0.508 e. The minimum Gasteiger partial charge on any atom is -0.508 e. The Labute approximate surface area is 108 Å². The maximum absolute atomic E-state index is 8.95. The molecule has 1 N–H and O–H groups in total. The average Bonchev–Trinajstić information content (AvgIpc) is 2.05. The van der Waals surface area contributed by atoms with Gasteiger partial charge in [-0.3, -0.25) is 0 Å². The van der Waals surface area contributed by atoms with Gasteiger partial charge in [-0.15, -0.1) is 0 Å². The number of hydrogen-bond donors (Lipinski definition) is 1. The standard InChI is InChI=1S/C9H10O2.Ac/c1-7(10)8-3-5-9(11-2)6-4-8;/h3-6,10H,1H2,2H3;. The van der Waals surface area contributed by atoms with Crippen LogP contribution in [0.1, 0.15) is 5.56 Å². The molecule has 0 spiro atoms. The fourth-order valence-electron chi connectivity index (χ4n) is 0.783. The Morgan fingerprint density at radius 1 is 1.33 bits per heavy atom. The smallest absolute Gasteiger partial charge is 0.118 e. The van der Waals surface area contributed by atoms with Gasteiger partial charge in [0.2, 0.25) is 0 Å². The minimum atomic E-state index is 0. The molecule has 0 aromatic heterocycles. The number of benzene rings is 1. The first-order chi connectivity index (χ1) is 5.24. The van der Waals surface area contributed by atoms with Crippen molar-refractivity contribution in [1.29, 1.82) is 0 Å². The molecule has 1 aromatic rings. The van der Waals surface area contributed by atoms with Crippen molar-refractivity contribution < 1.29 is 53.9 Å². The van der Waals surface area contributed by atoms with E-state index in [2.05, 4.69) is 6.58 Å². The van der Waals surface area contributed by atoms with E-state index in [0.717, 1.165) is 5.75 Å². The molecule has 1 rings (SSSR count). The molecule has 0 heterocycles. The zero-order chi connectivity index (χ0) is 8.27. The fraction of sp³-hybridized carbons (Fsp3) is 0.111. The Bertz CT molecular complexity index is 254. The third kappa shape index (κ3) is 3.17. The first-order valence-electron chi connectivity index (χ1n) is 3.26. The topological polar surface area (TPSA) is 29.5 Å². The number of ether oxygens (including phenoxy) is 1. The molecule has 1 radical (unpaired) electrons.